The Balaban J connectivity index is 1.40. The van der Waals surface area contributed by atoms with Crippen molar-refractivity contribution in [2.45, 2.75) is 20.8 Å². The van der Waals surface area contributed by atoms with Gasteiger partial charge in [0.05, 0.1) is 50.3 Å². The zero-order valence-corrected chi connectivity index (χ0v) is 36.0. The van der Waals surface area contributed by atoms with Gasteiger partial charge in [-0.05, 0) is 74.9 Å². The molecule has 0 N–H and O–H groups in total. The fourth-order valence-corrected chi connectivity index (χ4v) is 9.71. The third-order valence-corrected chi connectivity index (χ3v) is 12.5. The van der Waals surface area contributed by atoms with Crippen LogP contribution in [0.25, 0.3) is 112 Å². The van der Waals surface area contributed by atoms with E-state index in [0.29, 0.717) is 17.5 Å². The summed E-state index contributed by atoms with van der Waals surface area (Å²) in [4.78, 5) is 15.7. The van der Waals surface area contributed by atoms with Crippen molar-refractivity contribution in [2.75, 3.05) is 0 Å². The molecule has 6 heteroatoms. The maximum Gasteiger partial charge on any atom is 0.164 e. The van der Waals surface area contributed by atoms with E-state index in [4.69, 9.17) is 15.0 Å². The Morgan fingerprint density at radius 2 is 1.03 bits per heavy atom. The van der Waals surface area contributed by atoms with Crippen molar-refractivity contribution in [2.24, 2.45) is 0 Å². The van der Waals surface area contributed by atoms with Gasteiger partial charge in [-0.25, -0.2) is 15.0 Å². The van der Waals surface area contributed by atoms with Crippen LogP contribution < -0.4 is 0 Å². The van der Waals surface area contributed by atoms with Crippen molar-refractivity contribution in [3.63, 3.8) is 0 Å². The molecule has 0 aliphatic heterocycles. The molecule has 4 heterocycles. The Morgan fingerprint density at radius 1 is 0.500 bits per heavy atom. The quantitative estimate of drug-likeness (QED) is 0.136. The lowest BCUT2D eigenvalue weighted by molar-refractivity contribution is 1.01. The van der Waals surface area contributed by atoms with E-state index in [0.717, 1.165) is 78.0 Å². The van der Waals surface area contributed by atoms with Gasteiger partial charge in [0.2, 0.25) is 0 Å². The molecular formula is C58H44N6. The van der Waals surface area contributed by atoms with Gasteiger partial charge >= 0.3 is 0 Å². The monoisotopic (exact) mass is 824 g/mol. The smallest absolute Gasteiger partial charge is 0.164 e. The molecule has 0 bridgehead atoms. The highest BCUT2D eigenvalue weighted by Crippen LogP contribution is 2.45. The third-order valence-electron chi connectivity index (χ3n) is 12.5. The molecule has 11 aromatic rings. The summed E-state index contributed by atoms with van der Waals surface area (Å²) >= 11 is 0. The summed E-state index contributed by atoms with van der Waals surface area (Å²) in [5.41, 5.74) is 14.1. The molecule has 0 radical (unpaired) electrons. The van der Waals surface area contributed by atoms with Crippen LogP contribution in [-0.2, 0) is 0 Å². The lowest BCUT2D eigenvalue weighted by atomic mass is 10.1. The number of aryl methyl sites for hydroxylation is 1. The molecule has 0 saturated heterocycles. The van der Waals surface area contributed by atoms with Crippen LogP contribution in [0, 0.1) is 6.92 Å². The number of hydrogen-bond donors (Lipinski definition) is 0. The van der Waals surface area contributed by atoms with Gasteiger partial charge in [-0.1, -0.05) is 153 Å². The molecule has 0 aliphatic carbocycles. The van der Waals surface area contributed by atoms with Crippen LogP contribution in [0.15, 0.2) is 189 Å². The average Bonchev–Trinajstić information content (AvgIpc) is 3.98. The van der Waals surface area contributed by atoms with Crippen LogP contribution in [0.2, 0.25) is 0 Å². The molecule has 11 rings (SSSR count). The first-order valence-electron chi connectivity index (χ1n) is 21.7. The topological polar surface area (TPSA) is 53.5 Å². The summed E-state index contributed by atoms with van der Waals surface area (Å²) in [7, 11) is 0. The maximum atomic E-state index is 5.33. The molecule has 0 aliphatic rings. The van der Waals surface area contributed by atoms with Crippen molar-refractivity contribution in [1.82, 2.24) is 28.7 Å². The van der Waals surface area contributed by atoms with Gasteiger partial charge in [0, 0.05) is 49.2 Å². The standard InChI is InChI=1S/C58H44N6/c1-6-22-38(7-2)56-59-57(39-24-11-10-12-25-39)61-58(60-56)40-35-52(62-46(9-4)41(8-3)42-26-13-17-30-47(42)62)55(64-50-33-20-16-29-45(50)54-37(5)23-21-34-51(54)64)53(36-40)63-48-31-18-14-27-43(48)44-28-15-19-32-49(44)63/h6-36H,3-4H2,1-2,5H3/b22-6-,38-7+. The van der Waals surface area contributed by atoms with Crippen molar-refractivity contribution in [3.8, 4) is 39.8 Å². The summed E-state index contributed by atoms with van der Waals surface area (Å²) in [5.74, 6) is 1.75. The SMILES string of the molecule is C=Cc1c(C=C)n(-c2cc(-c3nc(C(/C=C\C)=C/C)nc(-c4ccccc4)n3)cc(-n3c4ccccc4c4ccccc43)c2-n2c3ccccc3c3c(C)cccc32)c2ccccc12. The van der Waals surface area contributed by atoms with E-state index in [-0.39, 0.29) is 0 Å². The van der Waals surface area contributed by atoms with E-state index < -0.39 is 0 Å². The maximum absolute atomic E-state index is 5.33. The van der Waals surface area contributed by atoms with Crippen LogP contribution in [0.3, 0.4) is 0 Å². The predicted molar refractivity (Wildman–Crippen MR) is 270 cm³/mol. The number of aromatic nitrogens is 6. The highest BCUT2D eigenvalue weighted by molar-refractivity contribution is 6.13. The number of para-hydroxylation sites is 4. The van der Waals surface area contributed by atoms with Crippen LogP contribution in [-0.4, -0.2) is 28.7 Å². The van der Waals surface area contributed by atoms with Gasteiger partial charge in [-0.3, -0.25) is 0 Å². The van der Waals surface area contributed by atoms with E-state index in [1.807, 2.05) is 50.3 Å². The minimum absolute atomic E-state index is 0.557. The second-order valence-electron chi connectivity index (χ2n) is 16.0. The Kier molecular flexibility index (Phi) is 9.36. The number of rotatable bonds is 9. The number of fused-ring (bicyclic) bond motifs is 7. The lowest BCUT2D eigenvalue weighted by Gasteiger charge is -2.24. The fraction of sp³-hybridized carbons (Fsp3) is 0.0517. The first-order chi connectivity index (χ1) is 31.5. The van der Waals surface area contributed by atoms with Crippen molar-refractivity contribution in [1.29, 1.82) is 0 Å². The Morgan fingerprint density at radius 3 is 1.64 bits per heavy atom. The van der Waals surface area contributed by atoms with E-state index >= 15 is 0 Å². The molecule has 6 nitrogen and oxygen atoms in total. The lowest BCUT2D eigenvalue weighted by Crippen LogP contribution is -2.11. The van der Waals surface area contributed by atoms with Gasteiger partial charge in [-0.2, -0.15) is 0 Å². The van der Waals surface area contributed by atoms with Crippen molar-refractivity contribution >= 4 is 72.2 Å². The molecule has 0 saturated carbocycles. The molecule has 0 fully saturated rings. The first-order valence-corrected chi connectivity index (χ1v) is 21.7. The van der Waals surface area contributed by atoms with Gasteiger partial charge < -0.3 is 13.7 Å². The minimum atomic E-state index is 0.557. The molecular weight excluding hydrogens is 781 g/mol. The minimum Gasteiger partial charge on any atom is -0.307 e. The predicted octanol–water partition coefficient (Wildman–Crippen LogP) is 14.9. The number of hydrogen-bond acceptors (Lipinski definition) is 3. The molecule has 0 spiro atoms. The number of benzene rings is 7. The highest BCUT2D eigenvalue weighted by atomic mass is 15.1. The number of allylic oxidation sites excluding steroid dienone is 4. The third kappa shape index (κ3) is 5.91. The van der Waals surface area contributed by atoms with E-state index in [1.165, 1.54) is 27.1 Å². The molecule has 0 atom stereocenters. The second-order valence-corrected chi connectivity index (χ2v) is 16.0. The summed E-state index contributed by atoms with van der Waals surface area (Å²) in [6, 6.07) is 56.0. The Hall–Kier alpha value is -8.35. The average molecular weight is 825 g/mol. The van der Waals surface area contributed by atoms with E-state index in [2.05, 4.69) is 185 Å². The van der Waals surface area contributed by atoms with Gasteiger partial charge in [0.25, 0.3) is 0 Å². The molecule has 306 valence electrons. The van der Waals surface area contributed by atoms with Crippen LogP contribution >= 0.6 is 0 Å². The Bertz CT molecular complexity index is 3690. The first kappa shape index (κ1) is 38.6. The van der Waals surface area contributed by atoms with Crippen molar-refractivity contribution < 1.29 is 0 Å². The summed E-state index contributed by atoms with van der Waals surface area (Å²) in [5, 5.41) is 5.81. The molecule has 64 heavy (non-hydrogen) atoms. The van der Waals surface area contributed by atoms with E-state index in [9.17, 15) is 0 Å². The zero-order valence-electron chi connectivity index (χ0n) is 36.0. The van der Waals surface area contributed by atoms with Gasteiger partial charge in [0.15, 0.2) is 17.5 Å². The number of nitrogens with zero attached hydrogens (tertiary/aromatic N) is 6. The zero-order chi connectivity index (χ0) is 43.5. The molecule has 0 amide bonds. The molecule has 0 unspecified atom stereocenters. The van der Waals surface area contributed by atoms with Gasteiger partial charge in [0.1, 0.15) is 0 Å². The van der Waals surface area contributed by atoms with E-state index in [1.54, 1.807) is 0 Å². The normalized spacial score (nSPS) is 12.1. The second kappa shape index (κ2) is 15.5. The molecule has 7 aromatic carbocycles. The fourth-order valence-electron chi connectivity index (χ4n) is 9.71. The summed E-state index contributed by atoms with van der Waals surface area (Å²) in [6.45, 7) is 15.0. The summed E-state index contributed by atoms with van der Waals surface area (Å²) < 4.78 is 7.24. The largest absolute Gasteiger partial charge is 0.307 e. The highest BCUT2D eigenvalue weighted by Gasteiger charge is 2.28. The van der Waals surface area contributed by atoms with Crippen LogP contribution in [0.1, 0.15) is 36.5 Å². The Labute approximate surface area is 371 Å². The summed E-state index contributed by atoms with van der Waals surface area (Å²) in [6.07, 6.45) is 10.0. The van der Waals surface area contributed by atoms with Crippen LogP contribution in [0.5, 0.6) is 0 Å². The van der Waals surface area contributed by atoms with Gasteiger partial charge in [-0.15, -0.1) is 0 Å². The molecule has 4 aromatic heterocycles. The van der Waals surface area contributed by atoms with Crippen molar-refractivity contribution in [3.05, 3.63) is 212 Å². The van der Waals surface area contributed by atoms with Crippen LogP contribution in [0.4, 0.5) is 0 Å².